The van der Waals surface area contributed by atoms with Crippen LogP contribution in [0, 0.1) is 0 Å². The Bertz CT molecular complexity index is 414. The van der Waals surface area contributed by atoms with Gasteiger partial charge in [0, 0.05) is 19.0 Å². The summed E-state index contributed by atoms with van der Waals surface area (Å²) in [6.45, 7) is 0. The molecular weight excluding hydrogens is 224 g/mol. The molecule has 0 radical (unpaired) electrons. The fraction of sp³-hybridized carbons (Fsp3) is 0.273. The van der Waals surface area contributed by atoms with E-state index >= 15 is 0 Å². The molecule has 17 heavy (non-hydrogen) atoms. The first-order valence-electron chi connectivity index (χ1n) is 5.06. The average molecular weight is 236 g/mol. The normalized spacial score (nSPS) is 9.65. The molecule has 6 heteroatoms. The molecule has 0 aliphatic heterocycles. The minimum Gasteiger partial charge on any atom is -0.478 e. The van der Waals surface area contributed by atoms with Gasteiger partial charge in [-0.3, -0.25) is 4.79 Å². The molecule has 1 amide bonds. The third-order valence-corrected chi connectivity index (χ3v) is 2.00. The maximum atomic E-state index is 11.3. The highest BCUT2D eigenvalue weighted by atomic mass is 16.4. The van der Waals surface area contributed by atoms with E-state index in [-0.39, 0.29) is 17.9 Å². The number of nitrogens with one attached hydrogen (secondary N) is 1. The summed E-state index contributed by atoms with van der Waals surface area (Å²) in [6.07, 6.45) is 3.00. The standard InChI is InChI=1S/C11H12N2O4/c14-6-2-1-3-10(15)13-9-5-4-8(7-12-9)11(16)17/h4-7H,1-3H2,(H,16,17)(H,12,13,15). The van der Waals surface area contributed by atoms with Crippen LogP contribution in [0.2, 0.25) is 0 Å². The second kappa shape index (κ2) is 6.37. The third kappa shape index (κ3) is 4.42. The molecule has 0 spiro atoms. The summed E-state index contributed by atoms with van der Waals surface area (Å²) in [5.74, 6) is -1.02. The van der Waals surface area contributed by atoms with Gasteiger partial charge in [0.25, 0.3) is 0 Å². The SMILES string of the molecule is O=CCCCC(=O)Nc1ccc(C(=O)O)cn1. The Morgan fingerprint density at radius 3 is 2.71 bits per heavy atom. The van der Waals surface area contributed by atoms with Crippen LogP contribution < -0.4 is 5.32 Å². The molecule has 0 aliphatic rings. The molecular formula is C11H12N2O4. The van der Waals surface area contributed by atoms with Gasteiger partial charge >= 0.3 is 5.97 Å². The van der Waals surface area contributed by atoms with Gasteiger partial charge in [0.05, 0.1) is 5.56 Å². The Morgan fingerprint density at radius 2 is 2.18 bits per heavy atom. The molecule has 1 aromatic heterocycles. The number of amides is 1. The van der Waals surface area contributed by atoms with Gasteiger partial charge < -0.3 is 15.2 Å². The van der Waals surface area contributed by atoms with E-state index in [0.29, 0.717) is 18.7 Å². The van der Waals surface area contributed by atoms with Crippen LogP contribution in [0.15, 0.2) is 18.3 Å². The van der Waals surface area contributed by atoms with Crippen LogP contribution in [0.25, 0.3) is 0 Å². The maximum absolute atomic E-state index is 11.3. The van der Waals surface area contributed by atoms with Gasteiger partial charge in [0.15, 0.2) is 0 Å². The highest BCUT2D eigenvalue weighted by Gasteiger charge is 2.05. The monoisotopic (exact) mass is 236 g/mol. The lowest BCUT2D eigenvalue weighted by Gasteiger charge is -2.03. The summed E-state index contributed by atoms with van der Waals surface area (Å²) in [7, 11) is 0. The molecule has 6 nitrogen and oxygen atoms in total. The van der Waals surface area contributed by atoms with Crippen LogP contribution >= 0.6 is 0 Å². The van der Waals surface area contributed by atoms with Gasteiger partial charge in [-0.25, -0.2) is 9.78 Å². The highest BCUT2D eigenvalue weighted by molar-refractivity contribution is 5.91. The van der Waals surface area contributed by atoms with Crippen LogP contribution in [0.4, 0.5) is 5.82 Å². The van der Waals surface area contributed by atoms with Crippen LogP contribution in [-0.4, -0.2) is 28.3 Å². The fourth-order valence-corrected chi connectivity index (χ4v) is 1.15. The molecule has 0 fully saturated rings. The van der Waals surface area contributed by atoms with Crippen LogP contribution in [0.5, 0.6) is 0 Å². The minimum atomic E-state index is -1.07. The molecule has 0 atom stereocenters. The Kier molecular flexibility index (Phi) is 4.80. The van der Waals surface area contributed by atoms with Gasteiger partial charge in [-0.1, -0.05) is 0 Å². The predicted molar refractivity (Wildman–Crippen MR) is 59.7 cm³/mol. The molecule has 2 N–H and O–H groups in total. The average Bonchev–Trinajstić information content (AvgIpc) is 2.30. The number of nitrogens with zero attached hydrogens (tertiary/aromatic N) is 1. The fourth-order valence-electron chi connectivity index (χ4n) is 1.15. The molecule has 0 aromatic carbocycles. The summed E-state index contributed by atoms with van der Waals surface area (Å²) in [6, 6.07) is 2.78. The van der Waals surface area contributed by atoms with E-state index in [1.54, 1.807) is 0 Å². The number of hydrogen-bond donors (Lipinski definition) is 2. The summed E-state index contributed by atoms with van der Waals surface area (Å²) in [5, 5.41) is 11.1. The zero-order chi connectivity index (χ0) is 12.7. The lowest BCUT2D eigenvalue weighted by atomic mass is 10.2. The largest absolute Gasteiger partial charge is 0.478 e. The van der Waals surface area contributed by atoms with E-state index in [9.17, 15) is 14.4 Å². The number of aromatic carboxylic acids is 1. The van der Waals surface area contributed by atoms with Crippen molar-refractivity contribution in [2.24, 2.45) is 0 Å². The van der Waals surface area contributed by atoms with Gasteiger partial charge in [-0.05, 0) is 18.6 Å². The van der Waals surface area contributed by atoms with E-state index < -0.39 is 5.97 Å². The topological polar surface area (TPSA) is 96.4 Å². The van der Waals surface area contributed by atoms with Gasteiger partial charge in [-0.2, -0.15) is 0 Å². The lowest BCUT2D eigenvalue weighted by molar-refractivity contribution is -0.116. The Labute approximate surface area is 97.7 Å². The van der Waals surface area contributed by atoms with Crippen molar-refractivity contribution < 1.29 is 19.5 Å². The van der Waals surface area contributed by atoms with Crippen molar-refractivity contribution in [2.75, 3.05) is 5.32 Å². The number of carbonyl (C=O) groups is 3. The van der Waals surface area contributed by atoms with Crippen molar-refractivity contribution in [2.45, 2.75) is 19.3 Å². The zero-order valence-electron chi connectivity index (χ0n) is 9.05. The molecule has 0 saturated heterocycles. The molecule has 0 aliphatic carbocycles. The van der Waals surface area contributed by atoms with Crippen molar-refractivity contribution >= 4 is 24.0 Å². The van der Waals surface area contributed by atoms with Gasteiger partial charge in [-0.15, -0.1) is 0 Å². The van der Waals surface area contributed by atoms with Crippen LogP contribution in [0.1, 0.15) is 29.6 Å². The first-order chi connectivity index (χ1) is 8.13. The summed E-state index contributed by atoms with van der Waals surface area (Å²) >= 11 is 0. The highest BCUT2D eigenvalue weighted by Crippen LogP contribution is 2.06. The van der Waals surface area contributed by atoms with Crippen molar-refractivity contribution in [3.8, 4) is 0 Å². The number of aldehydes is 1. The number of hydrogen-bond acceptors (Lipinski definition) is 4. The van der Waals surface area contributed by atoms with Gasteiger partial charge in [0.1, 0.15) is 12.1 Å². The Balaban J connectivity index is 2.48. The van der Waals surface area contributed by atoms with Crippen molar-refractivity contribution in [3.05, 3.63) is 23.9 Å². The van der Waals surface area contributed by atoms with Crippen molar-refractivity contribution in [1.82, 2.24) is 4.98 Å². The number of aromatic nitrogens is 1. The smallest absolute Gasteiger partial charge is 0.337 e. The molecule has 1 aromatic rings. The molecule has 0 unspecified atom stereocenters. The zero-order valence-corrected chi connectivity index (χ0v) is 9.05. The number of rotatable bonds is 6. The quantitative estimate of drug-likeness (QED) is 0.569. The number of pyridine rings is 1. The third-order valence-electron chi connectivity index (χ3n) is 2.00. The van der Waals surface area contributed by atoms with E-state index in [4.69, 9.17) is 5.11 Å². The Morgan fingerprint density at radius 1 is 1.41 bits per heavy atom. The number of carboxylic acids is 1. The van der Waals surface area contributed by atoms with Gasteiger partial charge in [0.2, 0.25) is 5.91 Å². The van der Waals surface area contributed by atoms with Crippen LogP contribution in [-0.2, 0) is 9.59 Å². The van der Waals surface area contributed by atoms with E-state index in [1.807, 2.05) is 0 Å². The predicted octanol–water partition coefficient (Wildman–Crippen LogP) is 1.09. The van der Waals surface area contributed by atoms with E-state index in [2.05, 4.69) is 10.3 Å². The molecule has 1 heterocycles. The summed E-state index contributed by atoms with van der Waals surface area (Å²) in [4.78, 5) is 35.7. The molecule has 1 rings (SSSR count). The second-order valence-electron chi connectivity index (χ2n) is 3.34. The second-order valence-corrected chi connectivity index (χ2v) is 3.34. The molecule has 0 bridgehead atoms. The lowest BCUT2D eigenvalue weighted by Crippen LogP contribution is -2.12. The first-order valence-corrected chi connectivity index (χ1v) is 5.06. The van der Waals surface area contributed by atoms with E-state index in [1.165, 1.54) is 18.3 Å². The minimum absolute atomic E-state index is 0.0592. The molecule has 0 saturated carbocycles. The van der Waals surface area contributed by atoms with E-state index in [0.717, 1.165) is 6.29 Å². The number of anilines is 1. The maximum Gasteiger partial charge on any atom is 0.337 e. The number of unbranched alkanes of at least 4 members (excludes halogenated alkanes) is 1. The van der Waals surface area contributed by atoms with Crippen molar-refractivity contribution in [3.63, 3.8) is 0 Å². The summed E-state index contributed by atoms with van der Waals surface area (Å²) in [5.41, 5.74) is 0.0592. The summed E-state index contributed by atoms with van der Waals surface area (Å²) < 4.78 is 0. The molecule has 90 valence electrons. The van der Waals surface area contributed by atoms with Crippen LogP contribution in [0.3, 0.4) is 0 Å². The first kappa shape index (κ1) is 12.8. The van der Waals surface area contributed by atoms with Crippen molar-refractivity contribution in [1.29, 1.82) is 0 Å². The number of carbonyl (C=O) groups excluding carboxylic acids is 2. The Hall–Kier alpha value is -2.24. The number of carboxylic acid groups (broad SMARTS) is 1.